The third kappa shape index (κ3) is 16.4. The number of carbonyl (C=O) groups excluding carboxylic acids is 2. The normalized spacial score (nSPS) is 20.1. The second-order valence-electron chi connectivity index (χ2n) is 11.6. The number of nitrogens with zero attached hydrogens (tertiary/aromatic N) is 1. The highest BCUT2D eigenvalue weighted by Crippen LogP contribution is 2.33. The Balaban J connectivity index is 0.000000428. The minimum Gasteiger partial charge on any atom is -0.379 e. The van der Waals surface area contributed by atoms with Gasteiger partial charge >= 0.3 is 0 Å². The molecule has 2 aliphatic rings. The summed E-state index contributed by atoms with van der Waals surface area (Å²) in [5.74, 6) is -1.31. The zero-order chi connectivity index (χ0) is 31.5. The Morgan fingerprint density at radius 3 is 2.45 bits per heavy atom. The van der Waals surface area contributed by atoms with Gasteiger partial charge in [0.05, 0.1) is 23.3 Å². The fraction of sp³-hybridized carbons (Fsp3) is 0.548. The molecule has 7 nitrogen and oxygen atoms in total. The van der Waals surface area contributed by atoms with E-state index in [9.17, 15) is 18.4 Å². The van der Waals surface area contributed by atoms with Gasteiger partial charge in [-0.15, -0.1) is 0 Å². The van der Waals surface area contributed by atoms with Crippen molar-refractivity contribution in [3.8, 4) is 0 Å². The largest absolute Gasteiger partial charge is 0.379 e. The zero-order valence-electron chi connectivity index (χ0n) is 25.3. The van der Waals surface area contributed by atoms with Gasteiger partial charge in [0.15, 0.2) is 0 Å². The molecule has 42 heavy (non-hydrogen) atoms. The summed E-state index contributed by atoms with van der Waals surface area (Å²) >= 11 is 11.7. The standard InChI is InChI=1S/C18H18Cl2F2N2O.C8H16N2O2.C5H12/c1-11(24-10-25)7-16(20)17(21)6-5-12-8-23-9-14(12)13-3-2-4-15(19)18(13)22;11-8-9-2-1-3-10-4-6-12-7-5-10;1-5(2,3)4/h2-7,10,12,14,23H,8-9H2,1H3,(H,24,25);8H,1-7H2,(H,9,11);1-4H3/b6-5+,11-7+,17-16-;;/t12-,14+;;/m1../s1. The summed E-state index contributed by atoms with van der Waals surface area (Å²) in [5, 5.41) is 8.15. The number of allylic oxidation sites excluding steroid dienone is 5. The monoisotopic (exact) mass is 630 g/mol. The molecule has 0 unspecified atom stereocenters. The number of halogens is 4. The highest BCUT2D eigenvalue weighted by molar-refractivity contribution is 6.31. The Labute approximate surface area is 259 Å². The van der Waals surface area contributed by atoms with E-state index in [0.29, 0.717) is 36.2 Å². The van der Waals surface area contributed by atoms with Gasteiger partial charge in [0.2, 0.25) is 12.8 Å². The van der Waals surface area contributed by atoms with Crippen LogP contribution in [0.4, 0.5) is 8.78 Å². The number of carbonyl (C=O) groups is 2. The van der Waals surface area contributed by atoms with Crippen LogP contribution in [0.15, 0.2) is 53.0 Å². The minimum atomic E-state index is -0.633. The van der Waals surface area contributed by atoms with Gasteiger partial charge in [-0.2, -0.15) is 0 Å². The van der Waals surface area contributed by atoms with Gasteiger partial charge in [-0.1, -0.05) is 69.1 Å². The van der Waals surface area contributed by atoms with Gasteiger partial charge in [-0.3, -0.25) is 14.5 Å². The second-order valence-corrected chi connectivity index (χ2v) is 12.4. The Hall–Kier alpha value is -2.30. The number of hydrogen-bond acceptors (Lipinski definition) is 5. The van der Waals surface area contributed by atoms with E-state index in [4.69, 9.17) is 27.9 Å². The van der Waals surface area contributed by atoms with Gasteiger partial charge in [0.1, 0.15) is 11.6 Å². The number of amides is 2. The quantitative estimate of drug-likeness (QED) is 0.161. The van der Waals surface area contributed by atoms with Crippen molar-refractivity contribution in [1.29, 1.82) is 0 Å². The van der Waals surface area contributed by atoms with Crippen molar-refractivity contribution < 1.29 is 23.1 Å². The molecule has 3 N–H and O–H groups in total. The maximum absolute atomic E-state index is 14.2. The Kier molecular flexibility index (Phi) is 18.5. The summed E-state index contributed by atoms with van der Waals surface area (Å²) in [4.78, 5) is 22.6. The first-order valence-electron chi connectivity index (χ1n) is 14.1. The molecule has 0 aromatic heterocycles. The Morgan fingerprint density at radius 2 is 1.83 bits per heavy atom. The van der Waals surface area contributed by atoms with Gasteiger partial charge in [-0.05, 0) is 55.0 Å². The molecule has 2 atom stereocenters. The van der Waals surface area contributed by atoms with E-state index in [0.717, 1.165) is 52.2 Å². The molecule has 1 aromatic carbocycles. The van der Waals surface area contributed by atoms with Crippen LogP contribution < -0.4 is 16.0 Å². The van der Waals surface area contributed by atoms with Crippen molar-refractivity contribution >= 4 is 36.0 Å². The predicted octanol–water partition coefficient (Wildman–Crippen LogP) is 5.92. The summed E-state index contributed by atoms with van der Waals surface area (Å²) < 4.78 is 33.6. The van der Waals surface area contributed by atoms with Crippen molar-refractivity contribution in [2.75, 3.05) is 52.5 Å². The van der Waals surface area contributed by atoms with E-state index in [2.05, 4.69) is 48.5 Å². The summed E-state index contributed by atoms with van der Waals surface area (Å²) in [5.41, 5.74) is 1.43. The molecule has 2 amide bonds. The lowest BCUT2D eigenvalue weighted by atomic mass is 9.88. The average Bonchev–Trinajstić information content (AvgIpc) is 3.40. The van der Waals surface area contributed by atoms with Gasteiger partial charge < -0.3 is 20.7 Å². The SMILES string of the molecule is CC(C)(C)C.C\C(=C/C(Cl)=C(F)\C=C\[C@@H]1CNC[C@@H]1c1cccc(Cl)c1F)NC=O.O=CNCCCN1CCOCC1. The fourth-order valence-corrected chi connectivity index (χ4v) is 4.43. The number of nitrogens with one attached hydrogen (secondary N) is 3. The lowest BCUT2D eigenvalue weighted by Crippen LogP contribution is -2.37. The number of hydrogen-bond donors (Lipinski definition) is 3. The van der Waals surface area contributed by atoms with Gasteiger partial charge in [-0.25, -0.2) is 8.78 Å². The van der Waals surface area contributed by atoms with Crippen molar-refractivity contribution in [2.24, 2.45) is 11.3 Å². The summed E-state index contributed by atoms with van der Waals surface area (Å²) in [6.45, 7) is 17.1. The van der Waals surface area contributed by atoms with Crippen LogP contribution in [0.5, 0.6) is 0 Å². The van der Waals surface area contributed by atoms with E-state index >= 15 is 0 Å². The molecule has 0 spiro atoms. The summed E-state index contributed by atoms with van der Waals surface area (Å²) in [6, 6.07) is 4.89. The molecule has 3 rings (SSSR count). The molecule has 2 saturated heterocycles. The molecular weight excluding hydrogens is 585 g/mol. The van der Waals surface area contributed by atoms with Crippen molar-refractivity contribution in [3.05, 3.63) is 69.4 Å². The third-order valence-electron chi connectivity index (χ3n) is 5.97. The fourth-order valence-electron chi connectivity index (χ4n) is 4.02. The van der Waals surface area contributed by atoms with Crippen molar-refractivity contribution in [1.82, 2.24) is 20.9 Å². The van der Waals surface area contributed by atoms with Crippen LogP contribution in [0.25, 0.3) is 0 Å². The smallest absolute Gasteiger partial charge is 0.211 e. The molecule has 2 aliphatic heterocycles. The lowest BCUT2D eigenvalue weighted by Gasteiger charge is -2.26. The number of rotatable bonds is 11. The number of ether oxygens (including phenoxy) is 1. The molecule has 0 bridgehead atoms. The van der Waals surface area contributed by atoms with Crippen LogP contribution in [0, 0.1) is 17.2 Å². The van der Waals surface area contributed by atoms with E-state index in [-0.39, 0.29) is 21.9 Å². The topological polar surface area (TPSA) is 82.7 Å². The Morgan fingerprint density at radius 1 is 1.17 bits per heavy atom. The van der Waals surface area contributed by atoms with E-state index < -0.39 is 11.6 Å². The molecule has 0 saturated carbocycles. The molecule has 236 valence electrons. The molecule has 0 radical (unpaired) electrons. The average molecular weight is 632 g/mol. The highest BCUT2D eigenvalue weighted by Gasteiger charge is 2.29. The van der Waals surface area contributed by atoms with Crippen LogP contribution in [-0.2, 0) is 14.3 Å². The first kappa shape index (κ1) is 37.7. The lowest BCUT2D eigenvalue weighted by molar-refractivity contribution is -0.110. The van der Waals surface area contributed by atoms with E-state index in [1.807, 2.05) is 0 Å². The zero-order valence-corrected chi connectivity index (χ0v) is 26.8. The molecule has 2 heterocycles. The molecule has 0 aliphatic carbocycles. The van der Waals surface area contributed by atoms with E-state index in [1.165, 1.54) is 18.2 Å². The molecular formula is C31H46Cl2F2N4O3. The first-order chi connectivity index (χ1) is 19.9. The van der Waals surface area contributed by atoms with Gasteiger partial charge in [0.25, 0.3) is 0 Å². The molecule has 11 heteroatoms. The van der Waals surface area contributed by atoms with Crippen LogP contribution in [0.2, 0.25) is 5.02 Å². The minimum absolute atomic E-state index is 0.0736. The van der Waals surface area contributed by atoms with Crippen LogP contribution >= 0.6 is 23.2 Å². The highest BCUT2D eigenvalue weighted by atomic mass is 35.5. The second kappa shape index (κ2) is 20.6. The van der Waals surface area contributed by atoms with Gasteiger partial charge in [0, 0.05) is 44.3 Å². The van der Waals surface area contributed by atoms with Crippen LogP contribution in [0.3, 0.4) is 0 Å². The first-order valence-corrected chi connectivity index (χ1v) is 14.9. The maximum Gasteiger partial charge on any atom is 0.211 e. The Bertz CT molecular complexity index is 1050. The number of morpholine rings is 1. The van der Waals surface area contributed by atoms with Crippen LogP contribution in [-0.4, -0.2) is 70.2 Å². The van der Waals surface area contributed by atoms with Crippen molar-refractivity contribution in [3.63, 3.8) is 0 Å². The maximum atomic E-state index is 14.2. The third-order valence-corrected chi connectivity index (χ3v) is 6.55. The van der Waals surface area contributed by atoms with Crippen LogP contribution in [0.1, 0.15) is 52.5 Å². The summed E-state index contributed by atoms with van der Waals surface area (Å²) in [6.07, 6.45) is 6.51. The predicted molar refractivity (Wildman–Crippen MR) is 168 cm³/mol. The van der Waals surface area contributed by atoms with Crippen molar-refractivity contribution in [2.45, 2.75) is 47.0 Å². The number of benzene rings is 1. The molecule has 2 fully saturated rings. The molecule has 1 aromatic rings. The summed E-state index contributed by atoms with van der Waals surface area (Å²) in [7, 11) is 0. The van der Waals surface area contributed by atoms with E-state index in [1.54, 1.807) is 25.1 Å².